The zero-order valence-electron chi connectivity index (χ0n) is 17.6. The van der Waals surface area contributed by atoms with E-state index in [1.165, 1.54) is 0 Å². The van der Waals surface area contributed by atoms with Crippen LogP contribution in [0.3, 0.4) is 0 Å². The van der Waals surface area contributed by atoms with E-state index in [0.717, 1.165) is 62.2 Å². The average Bonchev–Trinajstić information content (AvgIpc) is 3.31. The Morgan fingerprint density at radius 2 is 2.23 bits per heavy atom. The van der Waals surface area contributed by atoms with Crippen molar-refractivity contribution < 1.29 is 4.79 Å². The highest BCUT2D eigenvalue weighted by atomic mass is 127. The van der Waals surface area contributed by atoms with Crippen molar-refractivity contribution in [3.63, 3.8) is 0 Å². The van der Waals surface area contributed by atoms with Gasteiger partial charge >= 0.3 is 0 Å². The molecule has 2 saturated heterocycles. The van der Waals surface area contributed by atoms with E-state index in [1.807, 2.05) is 30.0 Å². The Bertz CT molecular complexity index is 895. The molecule has 0 aromatic carbocycles. The van der Waals surface area contributed by atoms with Gasteiger partial charge in [-0.1, -0.05) is 6.07 Å². The standard InChI is InChI=1S/C21H29N7O.HI/c1-3-22-20(27-9-4-7-21(15-27)11-19(29)26-14-21)25-13-17-5-6-18(24-12-17)28-10-8-23-16(28)2;/h5-6,8,10,12H,3-4,7,9,11,13-15H2,1-2H3,(H,22,25)(H,26,29);1H. The number of amides is 1. The molecule has 2 aliphatic heterocycles. The van der Waals surface area contributed by atoms with Gasteiger partial charge in [0.1, 0.15) is 11.6 Å². The number of carbonyl (C=O) groups is 1. The molecule has 4 rings (SSSR count). The first-order chi connectivity index (χ1) is 14.1. The predicted octanol–water partition coefficient (Wildman–Crippen LogP) is 2.26. The number of aryl methyl sites for hydroxylation is 1. The van der Waals surface area contributed by atoms with Gasteiger partial charge in [0.25, 0.3) is 0 Å². The van der Waals surface area contributed by atoms with E-state index in [4.69, 9.17) is 4.99 Å². The number of halogens is 1. The number of nitrogens with one attached hydrogen (secondary N) is 2. The fourth-order valence-corrected chi connectivity index (χ4v) is 4.29. The van der Waals surface area contributed by atoms with Crippen LogP contribution < -0.4 is 10.6 Å². The van der Waals surface area contributed by atoms with Gasteiger partial charge in [0.05, 0.1) is 6.54 Å². The topological polar surface area (TPSA) is 87.4 Å². The number of carbonyl (C=O) groups excluding carboxylic acids is 1. The first-order valence-electron chi connectivity index (χ1n) is 10.3. The van der Waals surface area contributed by atoms with Crippen LogP contribution >= 0.6 is 24.0 Å². The summed E-state index contributed by atoms with van der Waals surface area (Å²) in [5.41, 5.74) is 1.11. The Morgan fingerprint density at radius 3 is 2.87 bits per heavy atom. The number of piperidine rings is 1. The average molecular weight is 523 g/mol. The lowest BCUT2D eigenvalue weighted by molar-refractivity contribution is -0.119. The summed E-state index contributed by atoms with van der Waals surface area (Å²) in [6.07, 6.45) is 8.37. The number of pyridine rings is 1. The van der Waals surface area contributed by atoms with Crippen LogP contribution in [0, 0.1) is 12.3 Å². The Kier molecular flexibility index (Phi) is 7.32. The zero-order chi connectivity index (χ0) is 20.3. The van der Waals surface area contributed by atoms with E-state index < -0.39 is 0 Å². The smallest absolute Gasteiger partial charge is 0.220 e. The molecule has 1 atom stereocenters. The third-order valence-electron chi connectivity index (χ3n) is 5.79. The Balaban J connectivity index is 0.00000256. The van der Waals surface area contributed by atoms with Crippen molar-refractivity contribution in [3.8, 4) is 5.82 Å². The molecule has 1 unspecified atom stereocenters. The molecule has 30 heavy (non-hydrogen) atoms. The van der Waals surface area contributed by atoms with Gasteiger partial charge in [-0.2, -0.15) is 0 Å². The number of nitrogens with zero attached hydrogens (tertiary/aromatic N) is 5. The quantitative estimate of drug-likeness (QED) is 0.365. The zero-order valence-corrected chi connectivity index (χ0v) is 19.9. The minimum absolute atomic E-state index is 0. The number of rotatable bonds is 4. The van der Waals surface area contributed by atoms with Crippen LogP contribution in [-0.2, 0) is 11.3 Å². The van der Waals surface area contributed by atoms with Crippen LogP contribution in [0.15, 0.2) is 35.7 Å². The van der Waals surface area contributed by atoms with Crippen LogP contribution in [0.1, 0.15) is 37.6 Å². The molecule has 0 saturated carbocycles. The van der Waals surface area contributed by atoms with Gasteiger partial charge in [0, 0.05) is 56.6 Å². The van der Waals surface area contributed by atoms with E-state index in [2.05, 4.69) is 38.5 Å². The summed E-state index contributed by atoms with van der Waals surface area (Å²) in [6, 6.07) is 4.06. The van der Waals surface area contributed by atoms with Gasteiger partial charge in [0.15, 0.2) is 5.96 Å². The highest BCUT2D eigenvalue weighted by molar-refractivity contribution is 14.0. The fraction of sp³-hybridized carbons (Fsp3) is 0.524. The third kappa shape index (κ3) is 4.93. The minimum Gasteiger partial charge on any atom is -0.357 e. The Labute approximate surface area is 194 Å². The van der Waals surface area contributed by atoms with Crippen molar-refractivity contribution in [2.45, 2.75) is 39.7 Å². The highest BCUT2D eigenvalue weighted by Crippen LogP contribution is 2.36. The molecule has 2 aromatic rings. The van der Waals surface area contributed by atoms with Crippen molar-refractivity contribution in [3.05, 3.63) is 42.1 Å². The first kappa shape index (κ1) is 22.5. The molecule has 8 nitrogen and oxygen atoms in total. The number of hydrogen-bond acceptors (Lipinski definition) is 4. The van der Waals surface area contributed by atoms with Crippen molar-refractivity contribution >= 4 is 35.8 Å². The molecule has 162 valence electrons. The molecular formula is C21H30IN7O. The second-order valence-electron chi connectivity index (χ2n) is 8.02. The van der Waals surface area contributed by atoms with E-state index in [1.54, 1.807) is 6.20 Å². The maximum atomic E-state index is 11.8. The number of aliphatic imine (C=N–C) groups is 1. The monoisotopic (exact) mass is 523 g/mol. The van der Waals surface area contributed by atoms with Gasteiger partial charge in [-0.05, 0) is 38.3 Å². The molecule has 2 aromatic heterocycles. The first-order valence-corrected chi connectivity index (χ1v) is 10.3. The van der Waals surface area contributed by atoms with Gasteiger partial charge in [0.2, 0.25) is 5.91 Å². The Hall–Kier alpha value is -2.17. The fourth-order valence-electron chi connectivity index (χ4n) is 4.29. The SMILES string of the molecule is CCNC(=NCc1ccc(-n2ccnc2C)nc1)N1CCCC2(CNC(=O)C2)C1.I. The Morgan fingerprint density at radius 1 is 1.37 bits per heavy atom. The lowest BCUT2D eigenvalue weighted by atomic mass is 9.79. The maximum Gasteiger partial charge on any atom is 0.220 e. The number of aromatic nitrogens is 3. The van der Waals surface area contributed by atoms with Gasteiger partial charge in [-0.3, -0.25) is 9.36 Å². The van der Waals surface area contributed by atoms with E-state index in [-0.39, 0.29) is 35.3 Å². The van der Waals surface area contributed by atoms with Crippen molar-refractivity contribution in [1.82, 2.24) is 30.1 Å². The summed E-state index contributed by atoms with van der Waals surface area (Å²) in [5.74, 6) is 2.86. The van der Waals surface area contributed by atoms with Gasteiger partial charge in [-0.25, -0.2) is 15.0 Å². The lowest BCUT2D eigenvalue weighted by Gasteiger charge is -2.40. The third-order valence-corrected chi connectivity index (χ3v) is 5.79. The largest absolute Gasteiger partial charge is 0.357 e. The van der Waals surface area contributed by atoms with Gasteiger partial charge < -0.3 is 15.5 Å². The molecule has 1 amide bonds. The molecule has 0 aliphatic carbocycles. The van der Waals surface area contributed by atoms with Crippen LogP contribution in [0.4, 0.5) is 0 Å². The molecule has 2 fully saturated rings. The summed E-state index contributed by atoms with van der Waals surface area (Å²) in [6.45, 7) is 8.05. The van der Waals surface area contributed by atoms with Crippen molar-refractivity contribution in [1.29, 1.82) is 0 Å². The van der Waals surface area contributed by atoms with Gasteiger partial charge in [-0.15, -0.1) is 24.0 Å². The van der Waals surface area contributed by atoms with E-state index in [0.29, 0.717) is 13.0 Å². The predicted molar refractivity (Wildman–Crippen MR) is 127 cm³/mol. The second kappa shape index (κ2) is 9.76. The van der Waals surface area contributed by atoms with Crippen molar-refractivity contribution in [2.75, 3.05) is 26.2 Å². The van der Waals surface area contributed by atoms with Crippen molar-refractivity contribution in [2.24, 2.45) is 10.4 Å². The van der Waals surface area contributed by atoms with Crippen LogP contribution in [0.25, 0.3) is 5.82 Å². The lowest BCUT2D eigenvalue weighted by Crippen LogP contribution is -2.51. The molecular weight excluding hydrogens is 493 g/mol. The normalized spacial score (nSPS) is 21.5. The summed E-state index contributed by atoms with van der Waals surface area (Å²) in [4.78, 5) is 27.7. The number of guanidine groups is 1. The minimum atomic E-state index is 0. The maximum absolute atomic E-state index is 11.8. The summed E-state index contributed by atoms with van der Waals surface area (Å²) in [5, 5.41) is 6.43. The molecule has 2 N–H and O–H groups in total. The molecule has 0 radical (unpaired) electrons. The van der Waals surface area contributed by atoms with E-state index in [9.17, 15) is 4.79 Å². The van der Waals surface area contributed by atoms with Crippen LogP contribution in [-0.4, -0.2) is 57.5 Å². The molecule has 2 aliphatic rings. The second-order valence-corrected chi connectivity index (χ2v) is 8.02. The van der Waals surface area contributed by atoms with Crippen LogP contribution in [0.2, 0.25) is 0 Å². The number of hydrogen-bond donors (Lipinski definition) is 2. The summed E-state index contributed by atoms with van der Waals surface area (Å²) in [7, 11) is 0. The van der Waals surface area contributed by atoms with E-state index >= 15 is 0 Å². The molecule has 4 heterocycles. The number of likely N-dealkylation sites (tertiary alicyclic amines) is 1. The molecule has 1 spiro atoms. The number of imidazole rings is 1. The highest BCUT2D eigenvalue weighted by Gasteiger charge is 2.42. The summed E-state index contributed by atoms with van der Waals surface area (Å²) < 4.78 is 1.96. The van der Waals surface area contributed by atoms with Crippen LogP contribution in [0.5, 0.6) is 0 Å². The molecule has 0 bridgehead atoms. The molecule has 9 heteroatoms. The summed E-state index contributed by atoms with van der Waals surface area (Å²) >= 11 is 0.